The molecular formula is C13H27N3O2. The van der Waals surface area contributed by atoms with Crippen LogP contribution < -0.4 is 11.1 Å². The molecule has 106 valence electrons. The highest BCUT2D eigenvalue weighted by Crippen LogP contribution is 2.18. The zero-order valence-electron chi connectivity index (χ0n) is 11.7. The number of likely N-dealkylation sites (tertiary alicyclic amines) is 1. The number of nitrogens with zero attached hydrogens (tertiary/aromatic N) is 1. The average Bonchev–Trinajstić information content (AvgIpc) is 2.62. The van der Waals surface area contributed by atoms with E-state index in [0.717, 1.165) is 19.4 Å². The lowest BCUT2D eigenvalue weighted by atomic mass is 10.1. The summed E-state index contributed by atoms with van der Waals surface area (Å²) in [5, 5.41) is 2.90. The van der Waals surface area contributed by atoms with Gasteiger partial charge in [-0.1, -0.05) is 12.8 Å². The third-order valence-electron chi connectivity index (χ3n) is 3.68. The van der Waals surface area contributed by atoms with Gasteiger partial charge in [0.05, 0.1) is 12.6 Å². The van der Waals surface area contributed by atoms with Gasteiger partial charge in [-0.3, -0.25) is 9.69 Å². The molecule has 3 N–H and O–H groups in total. The van der Waals surface area contributed by atoms with Crippen LogP contribution in [-0.4, -0.2) is 56.2 Å². The lowest BCUT2D eigenvalue weighted by Gasteiger charge is -2.33. The first-order valence-corrected chi connectivity index (χ1v) is 6.93. The zero-order valence-corrected chi connectivity index (χ0v) is 11.7. The van der Waals surface area contributed by atoms with E-state index in [1.807, 2.05) is 6.92 Å². The molecule has 1 aliphatic rings. The van der Waals surface area contributed by atoms with Gasteiger partial charge in [-0.05, 0) is 26.3 Å². The second-order valence-electron chi connectivity index (χ2n) is 4.94. The predicted octanol–water partition coefficient (Wildman–Crippen LogP) is 0.341. The van der Waals surface area contributed by atoms with E-state index in [4.69, 9.17) is 10.5 Å². The Labute approximate surface area is 110 Å². The second-order valence-corrected chi connectivity index (χ2v) is 4.94. The van der Waals surface area contributed by atoms with E-state index in [2.05, 4.69) is 10.2 Å². The van der Waals surface area contributed by atoms with Gasteiger partial charge in [-0.25, -0.2) is 0 Å². The molecule has 0 aromatic heterocycles. The van der Waals surface area contributed by atoms with Crippen LogP contribution in [0.2, 0.25) is 0 Å². The number of carbonyl (C=O) groups is 1. The van der Waals surface area contributed by atoms with E-state index in [1.165, 1.54) is 12.8 Å². The van der Waals surface area contributed by atoms with Crippen LogP contribution in [0.15, 0.2) is 0 Å². The summed E-state index contributed by atoms with van der Waals surface area (Å²) in [6.07, 6.45) is 4.72. The molecule has 1 fully saturated rings. The Hall–Kier alpha value is -0.650. The Morgan fingerprint density at radius 1 is 1.50 bits per heavy atom. The van der Waals surface area contributed by atoms with Crippen molar-refractivity contribution in [1.29, 1.82) is 0 Å². The van der Waals surface area contributed by atoms with Crippen LogP contribution >= 0.6 is 0 Å². The summed E-state index contributed by atoms with van der Waals surface area (Å²) in [5.41, 5.74) is 5.83. The average molecular weight is 257 g/mol. The highest BCUT2D eigenvalue weighted by molar-refractivity contribution is 5.81. The fourth-order valence-electron chi connectivity index (χ4n) is 2.54. The van der Waals surface area contributed by atoms with Crippen LogP contribution in [-0.2, 0) is 9.53 Å². The maximum Gasteiger partial charge on any atom is 0.237 e. The Kier molecular flexibility index (Phi) is 7.23. The summed E-state index contributed by atoms with van der Waals surface area (Å²) < 4.78 is 4.93. The number of ether oxygens (including phenoxy) is 1. The van der Waals surface area contributed by atoms with Crippen molar-refractivity contribution >= 4 is 5.91 Å². The van der Waals surface area contributed by atoms with Crippen LogP contribution in [0.3, 0.4) is 0 Å². The first-order chi connectivity index (χ1) is 8.70. The number of amides is 1. The summed E-state index contributed by atoms with van der Waals surface area (Å²) in [7, 11) is 1.63. The lowest BCUT2D eigenvalue weighted by molar-refractivity contribution is -0.126. The van der Waals surface area contributed by atoms with Crippen molar-refractivity contribution in [3.63, 3.8) is 0 Å². The second kappa shape index (κ2) is 8.45. The molecule has 5 nitrogen and oxygen atoms in total. The molecule has 0 aromatic carbocycles. The summed E-state index contributed by atoms with van der Waals surface area (Å²) in [4.78, 5) is 14.3. The van der Waals surface area contributed by atoms with Gasteiger partial charge < -0.3 is 15.8 Å². The van der Waals surface area contributed by atoms with Crippen molar-refractivity contribution in [1.82, 2.24) is 10.2 Å². The largest absolute Gasteiger partial charge is 0.383 e. The summed E-state index contributed by atoms with van der Waals surface area (Å²) in [6.45, 7) is 4.70. The van der Waals surface area contributed by atoms with Crippen LogP contribution in [0, 0.1) is 0 Å². The fourth-order valence-corrected chi connectivity index (χ4v) is 2.54. The molecule has 0 aromatic rings. The third-order valence-corrected chi connectivity index (χ3v) is 3.68. The van der Waals surface area contributed by atoms with Crippen molar-refractivity contribution in [2.75, 3.05) is 33.4 Å². The number of nitrogens with two attached hydrogens (primary N) is 1. The minimum absolute atomic E-state index is 0.0763. The van der Waals surface area contributed by atoms with Crippen LogP contribution in [0.1, 0.15) is 32.6 Å². The molecule has 0 bridgehead atoms. The number of hydrogen-bond acceptors (Lipinski definition) is 4. The number of nitrogens with one attached hydrogen (secondary N) is 1. The number of hydrogen-bond donors (Lipinski definition) is 2. The molecule has 1 saturated heterocycles. The van der Waals surface area contributed by atoms with E-state index in [9.17, 15) is 4.79 Å². The first kappa shape index (κ1) is 15.4. The number of methoxy groups -OCH3 is 1. The molecule has 1 amide bonds. The molecular weight excluding hydrogens is 230 g/mol. The quantitative estimate of drug-likeness (QED) is 0.673. The zero-order chi connectivity index (χ0) is 13.4. The Bertz CT molecular complexity index is 248. The summed E-state index contributed by atoms with van der Waals surface area (Å²) in [5.74, 6) is 0.0763. The molecule has 18 heavy (non-hydrogen) atoms. The van der Waals surface area contributed by atoms with E-state index in [-0.39, 0.29) is 11.9 Å². The predicted molar refractivity (Wildman–Crippen MR) is 72.4 cm³/mol. The molecule has 5 heteroatoms. The van der Waals surface area contributed by atoms with E-state index < -0.39 is 0 Å². The standard InChI is InChI=1S/C13H27N3O2/c1-11(13(17)15-7-9-18-2)16-8-5-3-4-6-12(16)10-14/h11-12H,3-10,14H2,1-2H3,(H,15,17). The van der Waals surface area contributed by atoms with E-state index in [0.29, 0.717) is 25.7 Å². The van der Waals surface area contributed by atoms with Crippen molar-refractivity contribution < 1.29 is 9.53 Å². The molecule has 0 aliphatic carbocycles. The molecule has 0 saturated carbocycles. The molecule has 0 radical (unpaired) electrons. The van der Waals surface area contributed by atoms with Gasteiger partial charge >= 0.3 is 0 Å². The topological polar surface area (TPSA) is 67.6 Å². The van der Waals surface area contributed by atoms with Gasteiger partial charge in [-0.2, -0.15) is 0 Å². The van der Waals surface area contributed by atoms with Crippen molar-refractivity contribution in [2.24, 2.45) is 5.73 Å². The summed E-state index contributed by atoms with van der Waals surface area (Å²) >= 11 is 0. The SMILES string of the molecule is COCCNC(=O)C(C)N1CCCCCC1CN. The third kappa shape index (κ3) is 4.55. The molecule has 0 spiro atoms. The van der Waals surface area contributed by atoms with Crippen LogP contribution in [0.25, 0.3) is 0 Å². The minimum Gasteiger partial charge on any atom is -0.383 e. The number of carbonyl (C=O) groups excluding carboxylic acids is 1. The first-order valence-electron chi connectivity index (χ1n) is 6.93. The van der Waals surface area contributed by atoms with Crippen LogP contribution in [0.5, 0.6) is 0 Å². The van der Waals surface area contributed by atoms with E-state index in [1.54, 1.807) is 7.11 Å². The van der Waals surface area contributed by atoms with Crippen molar-refractivity contribution in [3.8, 4) is 0 Å². The molecule has 1 rings (SSSR count). The Morgan fingerprint density at radius 2 is 2.28 bits per heavy atom. The van der Waals surface area contributed by atoms with E-state index >= 15 is 0 Å². The Balaban J connectivity index is 2.50. The van der Waals surface area contributed by atoms with Gasteiger partial charge in [0.1, 0.15) is 0 Å². The Morgan fingerprint density at radius 3 is 2.94 bits per heavy atom. The summed E-state index contributed by atoms with van der Waals surface area (Å²) in [6, 6.07) is 0.240. The lowest BCUT2D eigenvalue weighted by Crippen LogP contribution is -2.52. The minimum atomic E-state index is -0.103. The van der Waals surface area contributed by atoms with Gasteiger partial charge in [0.25, 0.3) is 0 Å². The maximum atomic E-state index is 12.0. The molecule has 1 heterocycles. The molecule has 2 unspecified atom stereocenters. The van der Waals surface area contributed by atoms with Gasteiger partial charge in [0, 0.05) is 26.2 Å². The van der Waals surface area contributed by atoms with Crippen molar-refractivity contribution in [3.05, 3.63) is 0 Å². The van der Waals surface area contributed by atoms with Crippen molar-refractivity contribution in [2.45, 2.75) is 44.7 Å². The van der Waals surface area contributed by atoms with Gasteiger partial charge in [-0.15, -0.1) is 0 Å². The smallest absolute Gasteiger partial charge is 0.237 e. The maximum absolute atomic E-state index is 12.0. The van der Waals surface area contributed by atoms with Gasteiger partial charge in [0.2, 0.25) is 5.91 Å². The molecule has 2 atom stereocenters. The fraction of sp³-hybridized carbons (Fsp3) is 0.923. The van der Waals surface area contributed by atoms with Gasteiger partial charge in [0.15, 0.2) is 0 Å². The normalized spacial score (nSPS) is 23.4. The number of rotatable bonds is 6. The highest BCUT2D eigenvalue weighted by Gasteiger charge is 2.28. The highest BCUT2D eigenvalue weighted by atomic mass is 16.5. The van der Waals surface area contributed by atoms with Crippen LogP contribution in [0.4, 0.5) is 0 Å². The monoisotopic (exact) mass is 257 g/mol. The molecule has 1 aliphatic heterocycles.